The van der Waals surface area contributed by atoms with Gasteiger partial charge in [0.15, 0.2) is 11.6 Å². The molecule has 0 atom stereocenters. The summed E-state index contributed by atoms with van der Waals surface area (Å²) in [5.41, 5.74) is 2.38. The van der Waals surface area contributed by atoms with Gasteiger partial charge in [-0.15, -0.1) is 0 Å². The van der Waals surface area contributed by atoms with E-state index in [1.54, 1.807) is 23.1 Å². The molecule has 0 N–H and O–H groups in total. The van der Waals surface area contributed by atoms with Crippen LogP contribution >= 0.6 is 11.6 Å². The molecule has 0 spiro atoms. The molecule has 4 rings (SSSR count). The maximum Gasteiger partial charge on any atom is 0.162 e. The third kappa shape index (κ3) is 4.81. The van der Waals surface area contributed by atoms with E-state index in [9.17, 15) is 19.5 Å². The van der Waals surface area contributed by atoms with Crippen molar-refractivity contribution in [3.8, 4) is 5.75 Å². The van der Waals surface area contributed by atoms with Crippen molar-refractivity contribution in [1.82, 2.24) is 4.90 Å². The summed E-state index contributed by atoms with van der Waals surface area (Å²) < 4.78 is 5.61. The lowest BCUT2D eigenvalue weighted by molar-refractivity contribution is -0.305. The van der Waals surface area contributed by atoms with Crippen LogP contribution in [0.4, 0.5) is 0 Å². The van der Waals surface area contributed by atoms with E-state index in [4.69, 9.17) is 16.3 Å². The summed E-state index contributed by atoms with van der Waals surface area (Å²) in [6, 6.07) is 5.32. The van der Waals surface area contributed by atoms with Crippen LogP contribution in [0, 0.1) is 10.8 Å². The van der Waals surface area contributed by atoms with Crippen molar-refractivity contribution < 1.29 is 24.2 Å². The van der Waals surface area contributed by atoms with E-state index >= 15 is 0 Å². The Balaban J connectivity index is 1.96. The van der Waals surface area contributed by atoms with Crippen LogP contribution < -0.4 is 9.84 Å². The van der Waals surface area contributed by atoms with Gasteiger partial charge in [0.2, 0.25) is 0 Å². The fraction of sp³-hybridized carbons (Fsp3) is 0.464. The molecule has 3 aliphatic rings. The minimum Gasteiger partial charge on any atom is -0.548 e. The average molecular weight is 497 g/mol. The molecule has 0 amide bonds. The number of aliphatic carboxylic acids is 1. The largest absolute Gasteiger partial charge is 0.548 e. The number of ether oxygens (including phenoxy) is 1. The molecule has 7 heteroatoms. The maximum absolute atomic E-state index is 13.6. The summed E-state index contributed by atoms with van der Waals surface area (Å²) >= 11 is 6.54. The molecule has 0 aromatic heterocycles. The third-order valence-corrected chi connectivity index (χ3v) is 7.25. The van der Waals surface area contributed by atoms with Gasteiger partial charge >= 0.3 is 0 Å². The highest BCUT2D eigenvalue weighted by molar-refractivity contribution is 6.32. The molecule has 0 unspecified atom stereocenters. The van der Waals surface area contributed by atoms with Crippen LogP contribution in [-0.2, 0) is 14.4 Å². The Hall–Kier alpha value is -2.86. The zero-order valence-electron chi connectivity index (χ0n) is 20.7. The van der Waals surface area contributed by atoms with Crippen molar-refractivity contribution >= 4 is 29.1 Å². The van der Waals surface area contributed by atoms with Gasteiger partial charge in [0.05, 0.1) is 17.5 Å². The molecule has 35 heavy (non-hydrogen) atoms. The van der Waals surface area contributed by atoms with E-state index in [1.165, 1.54) is 0 Å². The predicted molar refractivity (Wildman–Crippen MR) is 132 cm³/mol. The molecule has 6 nitrogen and oxygen atoms in total. The molecule has 1 heterocycles. The fourth-order valence-corrected chi connectivity index (χ4v) is 5.91. The molecule has 0 bridgehead atoms. The van der Waals surface area contributed by atoms with Gasteiger partial charge in [-0.05, 0) is 41.4 Å². The summed E-state index contributed by atoms with van der Waals surface area (Å²) in [5.74, 6) is -1.51. The molecular weight excluding hydrogens is 466 g/mol. The van der Waals surface area contributed by atoms with Gasteiger partial charge in [-0.2, -0.15) is 0 Å². The number of carboxylic acids is 1. The van der Waals surface area contributed by atoms with Crippen molar-refractivity contribution in [2.75, 3.05) is 13.2 Å². The average Bonchev–Trinajstić information content (AvgIpc) is 2.72. The highest BCUT2D eigenvalue weighted by atomic mass is 35.5. The smallest absolute Gasteiger partial charge is 0.162 e. The second-order valence-electron chi connectivity index (χ2n) is 11.3. The zero-order chi connectivity index (χ0) is 25.7. The quantitative estimate of drug-likeness (QED) is 0.544. The van der Waals surface area contributed by atoms with Crippen LogP contribution in [-0.4, -0.2) is 35.6 Å². The first-order valence-corrected chi connectivity index (χ1v) is 12.2. The predicted octanol–water partition coefficient (Wildman–Crippen LogP) is 4.34. The van der Waals surface area contributed by atoms with E-state index in [0.717, 1.165) is 5.56 Å². The van der Waals surface area contributed by atoms with Crippen LogP contribution in [0.25, 0.3) is 0 Å². The number of carbonyl (C=O) groups is 3. The number of nitrogens with zero attached hydrogens (tertiary/aromatic N) is 1. The molecule has 0 saturated heterocycles. The van der Waals surface area contributed by atoms with Crippen molar-refractivity contribution in [2.24, 2.45) is 10.8 Å². The maximum atomic E-state index is 13.6. The van der Waals surface area contributed by atoms with E-state index < -0.39 is 18.4 Å². The van der Waals surface area contributed by atoms with Gasteiger partial charge in [0.25, 0.3) is 0 Å². The van der Waals surface area contributed by atoms with E-state index in [-0.39, 0.29) is 22.4 Å². The first kappa shape index (κ1) is 25.2. The Labute approximate surface area is 211 Å². The molecule has 2 aliphatic carbocycles. The number of carboxylic acid groups (broad SMARTS) is 1. The van der Waals surface area contributed by atoms with Crippen molar-refractivity contribution in [3.63, 3.8) is 0 Å². The van der Waals surface area contributed by atoms with Crippen LogP contribution in [0.3, 0.4) is 0 Å². The minimum atomic E-state index is -1.25. The van der Waals surface area contributed by atoms with Gasteiger partial charge in [-0.1, -0.05) is 58.0 Å². The second-order valence-corrected chi connectivity index (χ2v) is 11.7. The Kier molecular flexibility index (Phi) is 6.47. The number of carbonyl (C=O) groups excluding carboxylic acids is 3. The number of allylic oxidation sites excluding steroid dienone is 4. The monoisotopic (exact) mass is 496 g/mol. The van der Waals surface area contributed by atoms with Gasteiger partial charge < -0.3 is 19.5 Å². The van der Waals surface area contributed by atoms with Crippen LogP contribution in [0.5, 0.6) is 5.75 Å². The molecule has 1 aromatic carbocycles. The second kappa shape index (κ2) is 8.98. The number of hydrogen-bond donors (Lipinski definition) is 0. The first-order chi connectivity index (χ1) is 16.3. The van der Waals surface area contributed by atoms with Crippen molar-refractivity contribution in [2.45, 2.75) is 59.3 Å². The summed E-state index contributed by atoms with van der Waals surface area (Å²) in [4.78, 5) is 40.7. The lowest BCUT2D eigenvalue weighted by atomic mass is 9.63. The van der Waals surface area contributed by atoms with Crippen LogP contribution in [0.2, 0.25) is 5.02 Å². The van der Waals surface area contributed by atoms with E-state index in [2.05, 4.69) is 6.58 Å². The van der Waals surface area contributed by atoms with Crippen molar-refractivity contribution in [1.29, 1.82) is 0 Å². The number of ketones is 2. The topological polar surface area (TPSA) is 86.7 Å². The first-order valence-electron chi connectivity index (χ1n) is 11.9. The number of hydrogen-bond acceptors (Lipinski definition) is 6. The van der Waals surface area contributed by atoms with Gasteiger partial charge in [-0.3, -0.25) is 9.59 Å². The zero-order valence-corrected chi connectivity index (χ0v) is 21.5. The normalized spacial score (nSPS) is 21.6. The van der Waals surface area contributed by atoms with Crippen LogP contribution in [0.1, 0.15) is 64.9 Å². The standard InChI is InChI=1S/C28H32ClNO5/c1-6-9-35-22-8-7-16(10-17(22)29)24-25-18(11-27(2,3)13-20(25)31)30(15-23(33)34)19-12-28(4,5)14-21(32)26(19)24/h6-8,10,24H,1,9,11-15H2,2-5H3,(H,33,34)/p-1. The van der Waals surface area contributed by atoms with Crippen molar-refractivity contribution in [3.05, 3.63) is 64.0 Å². The lowest BCUT2D eigenvalue weighted by Crippen LogP contribution is -2.47. The summed E-state index contributed by atoms with van der Waals surface area (Å²) in [6.45, 7) is 11.6. The van der Waals surface area contributed by atoms with Gasteiger partial charge in [0.1, 0.15) is 12.4 Å². The number of benzene rings is 1. The highest BCUT2D eigenvalue weighted by Gasteiger charge is 2.49. The van der Waals surface area contributed by atoms with Gasteiger partial charge in [0, 0.05) is 41.3 Å². The molecule has 0 saturated carbocycles. The number of rotatable bonds is 6. The van der Waals surface area contributed by atoms with E-state index in [0.29, 0.717) is 65.6 Å². The third-order valence-electron chi connectivity index (χ3n) is 6.95. The molecule has 1 aliphatic heterocycles. The molecule has 0 radical (unpaired) electrons. The molecule has 1 aromatic rings. The summed E-state index contributed by atoms with van der Waals surface area (Å²) in [6.07, 6.45) is 3.31. The Morgan fingerprint density at radius 1 is 1.09 bits per heavy atom. The molecule has 186 valence electrons. The summed E-state index contributed by atoms with van der Waals surface area (Å²) in [7, 11) is 0. The number of halogens is 1. The number of Topliss-reactive ketones (excluding diaryl/α,β-unsaturated/α-hetero) is 2. The van der Waals surface area contributed by atoms with Gasteiger partial charge in [-0.25, -0.2) is 0 Å². The molecule has 0 fully saturated rings. The minimum absolute atomic E-state index is 0.0723. The van der Waals surface area contributed by atoms with E-state index in [1.807, 2.05) is 33.8 Å². The highest BCUT2D eigenvalue weighted by Crippen LogP contribution is 2.54. The Bertz CT molecular complexity index is 1140. The lowest BCUT2D eigenvalue weighted by Gasteiger charge is -2.49. The Morgan fingerprint density at radius 2 is 1.63 bits per heavy atom. The summed E-state index contributed by atoms with van der Waals surface area (Å²) in [5, 5.41) is 12.2. The Morgan fingerprint density at radius 3 is 2.09 bits per heavy atom. The molecular formula is C28H31ClNO5-. The van der Waals surface area contributed by atoms with Crippen LogP contribution in [0.15, 0.2) is 53.4 Å². The SMILES string of the molecule is C=CCOc1ccc(C2C3=C(CC(C)(C)CC3=O)N(CC(=O)[O-])C3=C2C(=O)CC(C)(C)C3)cc1Cl. The fourth-order valence-electron chi connectivity index (χ4n) is 5.66.